The number of nitrogens with two attached hydrogens (primary N) is 1. The van der Waals surface area contributed by atoms with Gasteiger partial charge in [-0.1, -0.05) is 18.2 Å². The Morgan fingerprint density at radius 3 is 3.00 bits per heavy atom. The van der Waals surface area contributed by atoms with Crippen molar-refractivity contribution in [3.8, 4) is 0 Å². The van der Waals surface area contributed by atoms with Gasteiger partial charge in [-0.25, -0.2) is 4.98 Å². The number of rotatable bonds is 3. The van der Waals surface area contributed by atoms with Crippen LogP contribution in [0.25, 0.3) is 0 Å². The molecule has 19 heavy (non-hydrogen) atoms. The smallest absolute Gasteiger partial charge is 0.180 e. The topological polar surface area (TPSA) is 42.1 Å². The molecule has 0 saturated carbocycles. The van der Waals surface area contributed by atoms with Crippen molar-refractivity contribution in [1.82, 2.24) is 4.98 Å². The molecule has 1 aliphatic heterocycles. The van der Waals surface area contributed by atoms with Crippen molar-refractivity contribution in [2.45, 2.75) is 25.7 Å². The predicted molar refractivity (Wildman–Crippen MR) is 81.8 cm³/mol. The van der Waals surface area contributed by atoms with E-state index in [1.54, 1.807) is 0 Å². The van der Waals surface area contributed by atoms with E-state index >= 15 is 0 Å². The van der Waals surface area contributed by atoms with Crippen molar-refractivity contribution in [2.24, 2.45) is 0 Å². The molecule has 2 heterocycles. The molecule has 0 aliphatic carbocycles. The molecule has 2 N–H and O–H groups in total. The first-order valence-electron chi connectivity index (χ1n) is 6.85. The number of nitrogens with zero attached hydrogens (tertiary/aromatic N) is 2. The lowest BCUT2D eigenvalue weighted by atomic mass is 10.1. The number of hydrogen-bond donors (Lipinski definition) is 1. The van der Waals surface area contributed by atoms with Gasteiger partial charge in [-0.3, -0.25) is 0 Å². The Morgan fingerprint density at radius 2 is 2.16 bits per heavy atom. The maximum atomic E-state index is 5.68. The van der Waals surface area contributed by atoms with Gasteiger partial charge in [0.25, 0.3) is 0 Å². The molecule has 3 nitrogen and oxygen atoms in total. The standard InChI is InChI=1S/C15H19N3S/c16-15-17-13(11-19-15)8-10-18-9-4-3-6-12-5-1-2-7-14(12)18/h1-2,5,7,11H,3-4,6,8-10H2,(H2,16,17). The quantitative estimate of drug-likeness (QED) is 0.934. The van der Waals surface area contributed by atoms with Crippen molar-refractivity contribution in [2.75, 3.05) is 23.7 Å². The van der Waals surface area contributed by atoms with Crippen molar-refractivity contribution in [3.05, 3.63) is 40.9 Å². The third-order valence-corrected chi connectivity index (χ3v) is 4.39. The summed E-state index contributed by atoms with van der Waals surface area (Å²) >= 11 is 1.53. The lowest BCUT2D eigenvalue weighted by Crippen LogP contribution is -2.26. The number of para-hydroxylation sites is 1. The van der Waals surface area contributed by atoms with E-state index < -0.39 is 0 Å². The molecular formula is C15H19N3S. The molecule has 1 aliphatic rings. The molecule has 0 fully saturated rings. The summed E-state index contributed by atoms with van der Waals surface area (Å²) in [6.07, 6.45) is 4.74. The largest absolute Gasteiger partial charge is 0.375 e. The summed E-state index contributed by atoms with van der Waals surface area (Å²) in [7, 11) is 0. The molecule has 1 aromatic carbocycles. The second-order valence-corrected chi connectivity index (χ2v) is 5.89. The van der Waals surface area contributed by atoms with Gasteiger partial charge >= 0.3 is 0 Å². The van der Waals surface area contributed by atoms with Gasteiger partial charge in [0.05, 0.1) is 5.69 Å². The fourth-order valence-corrected chi connectivity index (χ4v) is 3.29. The highest BCUT2D eigenvalue weighted by molar-refractivity contribution is 7.13. The second kappa shape index (κ2) is 5.61. The zero-order valence-corrected chi connectivity index (χ0v) is 11.8. The van der Waals surface area contributed by atoms with Crippen molar-refractivity contribution in [3.63, 3.8) is 0 Å². The summed E-state index contributed by atoms with van der Waals surface area (Å²) in [6.45, 7) is 2.18. The monoisotopic (exact) mass is 273 g/mol. The Bertz CT molecular complexity index is 550. The van der Waals surface area contributed by atoms with E-state index in [2.05, 4.69) is 39.5 Å². The molecule has 0 radical (unpaired) electrons. The minimum absolute atomic E-state index is 0.672. The van der Waals surface area contributed by atoms with E-state index in [-0.39, 0.29) is 0 Å². The van der Waals surface area contributed by atoms with Crippen molar-refractivity contribution >= 4 is 22.2 Å². The highest BCUT2D eigenvalue weighted by atomic mass is 32.1. The summed E-state index contributed by atoms with van der Waals surface area (Å²) < 4.78 is 0. The first-order chi connectivity index (χ1) is 9.33. The molecular weight excluding hydrogens is 254 g/mol. The summed E-state index contributed by atoms with van der Waals surface area (Å²) in [5.41, 5.74) is 9.69. The van der Waals surface area contributed by atoms with Gasteiger partial charge in [-0.2, -0.15) is 0 Å². The zero-order chi connectivity index (χ0) is 13.1. The maximum Gasteiger partial charge on any atom is 0.180 e. The Labute approximate surface area is 118 Å². The second-order valence-electron chi connectivity index (χ2n) is 5.00. The first-order valence-corrected chi connectivity index (χ1v) is 7.73. The normalized spacial score (nSPS) is 15.1. The molecule has 0 bridgehead atoms. The summed E-state index contributed by atoms with van der Waals surface area (Å²) in [5, 5.41) is 2.74. The summed E-state index contributed by atoms with van der Waals surface area (Å²) in [6, 6.07) is 8.78. The van der Waals surface area contributed by atoms with E-state index in [0.717, 1.165) is 25.2 Å². The highest BCUT2D eigenvalue weighted by Gasteiger charge is 2.14. The Hall–Kier alpha value is -1.55. The van der Waals surface area contributed by atoms with Crippen LogP contribution in [0, 0.1) is 0 Å². The fourth-order valence-electron chi connectivity index (χ4n) is 2.69. The number of fused-ring (bicyclic) bond motifs is 1. The number of aromatic nitrogens is 1. The number of anilines is 2. The van der Waals surface area contributed by atoms with Gasteiger partial charge in [0, 0.05) is 30.6 Å². The molecule has 2 aromatic rings. The van der Waals surface area contributed by atoms with Crippen LogP contribution in [0.2, 0.25) is 0 Å². The van der Waals surface area contributed by atoms with Crippen LogP contribution >= 0.6 is 11.3 Å². The molecule has 0 saturated heterocycles. The average molecular weight is 273 g/mol. The Kier molecular flexibility index (Phi) is 3.69. The zero-order valence-electron chi connectivity index (χ0n) is 11.0. The minimum Gasteiger partial charge on any atom is -0.375 e. The van der Waals surface area contributed by atoms with Crippen LogP contribution in [0.1, 0.15) is 24.1 Å². The van der Waals surface area contributed by atoms with Crippen LogP contribution in [0.15, 0.2) is 29.6 Å². The van der Waals surface area contributed by atoms with Gasteiger partial charge in [0.15, 0.2) is 5.13 Å². The van der Waals surface area contributed by atoms with Gasteiger partial charge in [-0.05, 0) is 30.9 Å². The van der Waals surface area contributed by atoms with E-state index in [1.807, 2.05) is 0 Å². The summed E-state index contributed by atoms with van der Waals surface area (Å²) in [4.78, 5) is 6.84. The number of benzene rings is 1. The Balaban J connectivity index is 1.73. The molecule has 4 heteroatoms. The number of thiazole rings is 1. The van der Waals surface area contributed by atoms with Crippen molar-refractivity contribution < 1.29 is 0 Å². The summed E-state index contributed by atoms with van der Waals surface area (Å²) in [5.74, 6) is 0. The van der Waals surface area contributed by atoms with E-state index in [0.29, 0.717) is 5.13 Å². The third kappa shape index (κ3) is 2.89. The van der Waals surface area contributed by atoms with E-state index in [1.165, 1.54) is 41.9 Å². The molecule has 100 valence electrons. The van der Waals surface area contributed by atoms with Crippen LogP contribution in [-0.4, -0.2) is 18.1 Å². The molecule has 1 aromatic heterocycles. The van der Waals surface area contributed by atoms with Gasteiger partial charge in [0.1, 0.15) is 0 Å². The van der Waals surface area contributed by atoms with Crippen LogP contribution in [0.4, 0.5) is 10.8 Å². The van der Waals surface area contributed by atoms with Crippen LogP contribution in [0.3, 0.4) is 0 Å². The van der Waals surface area contributed by atoms with Gasteiger partial charge < -0.3 is 10.6 Å². The number of nitrogen functional groups attached to an aromatic ring is 1. The van der Waals surface area contributed by atoms with Gasteiger partial charge in [-0.15, -0.1) is 11.3 Å². The first kappa shape index (κ1) is 12.5. The van der Waals surface area contributed by atoms with Crippen molar-refractivity contribution in [1.29, 1.82) is 0 Å². The molecule has 0 amide bonds. The number of hydrogen-bond acceptors (Lipinski definition) is 4. The lowest BCUT2D eigenvalue weighted by Gasteiger charge is -2.24. The van der Waals surface area contributed by atoms with Gasteiger partial charge in [0.2, 0.25) is 0 Å². The molecule has 0 atom stereocenters. The maximum absolute atomic E-state index is 5.68. The van der Waals surface area contributed by atoms with Crippen LogP contribution < -0.4 is 10.6 Å². The lowest BCUT2D eigenvalue weighted by molar-refractivity contribution is 0.708. The molecule has 0 spiro atoms. The SMILES string of the molecule is Nc1nc(CCN2CCCCc3ccccc32)cs1. The molecule has 0 unspecified atom stereocenters. The van der Waals surface area contributed by atoms with E-state index in [4.69, 9.17) is 5.73 Å². The third-order valence-electron chi connectivity index (χ3n) is 3.66. The Morgan fingerprint density at radius 1 is 1.26 bits per heavy atom. The highest BCUT2D eigenvalue weighted by Crippen LogP contribution is 2.26. The minimum atomic E-state index is 0.672. The fraction of sp³-hybridized carbons (Fsp3) is 0.400. The van der Waals surface area contributed by atoms with Crippen LogP contribution in [-0.2, 0) is 12.8 Å². The van der Waals surface area contributed by atoms with E-state index in [9.17, 15) is 0 Å². The predicted octanol–water partition coefficient (Wildman–Crippen LogP) is 3.11. The van der Waals surface area contributed by atoms with Crippen LogP contribution in [0.5, 0.6) is 0 Å². The average Bonchev–Trinajstić information content (AvgIpc) is 2.73. The number of aryl methyl sites for hydroxylation is 1. The molecule has 3 rings (SSSR count).